The molecule has 1 aromatic carbocycles. The smallest absolute Gasteiger partial charge is 0.163 e. The second-order valence-corrected chi connectivity index (χ2v) is 2.97. The minimum absolute atomic E-state index is 0.127. The molecule has 0 fully saturated rings. The molecule has 0 heterocycles. The van der Waals surface area contributed by atoms with Crippen LogP contribution < -0.4 is 4.74 Å². The van der Waals surface area contributed by atoms with Gasteiger partial charge in [0.1, 0.15) is 11.5 Å². The lowest BCUT2D eigenvalue weighted by molar-refractivity contribution is 0.101. The van der Waals surface area contributed by atoms with Crippen LogP contribution in [0.15, 0.2) is 12.1 Å². The maximum absolute atomic E-state index is 11.0. The number of methoxy groups -OCH3 is 1. The molecule has 0 amide bonds. The quantitative estimate of drug-likeness (QED) is 0.745. The Morgan fingerprint density at radius 3 is 2.62 bits per heavy atom. The van der Waals surface area contributed by atoms with Crippen LogP contribution in [-0.4, -0.2) is 18.0 Å². The fourth-order valence-electron chi connectivity index (χ4n) is 0.981. The van der Waals surface area contributed by atoms with Gasteiger partial charge >= 0.3 is 0 Å². The van der Waals surface area contributed by atoms with E-state index >= 15 is 0 Å². The first-order valence-electron chi connectivity index (χ1n) is 3.63. The van der Waals surface area contributed by atoms with Crippen molar-refractivity contribution in [2.45, 2.75) is 6.92 Å². The van der Waals surface area contributed by atoms with Crippen LogP contribution in [0.25, 0.3) is 0 Å². The monoisotopic (exact) mass is 200 g/mol. The fraction of sp³-hybridized carbons (Fsp3) is 0.222. The number of ether oxygens (including phenoxy) is 1. The highest BCUT2D eigenvalue weighted by Crippen LogP contribution is 2.31. The molecular weight excluding hydrogens is 192 g/mol. The Kier molecular flexibility index (Phi) is 2.78. The van der Waals surface area contributed by atoms with Gasteiger partial charge < -0.3 is 9.84 Å². The van der Waals surface area contributed by atoms with E-state index in [1.165, 1.54) is 26.2 Å². The van der Waals surface area contributed by atoms with Crippen molar-refractivity contribution in [2.75, 3.05) is 7.11 Å². The van der Waals surface area contributed by atoms with Crippen molar-refractivity contribution in [1.82, 2.24) is 0 Å². The van der Waals surface area contributed by atoms with Crippen LogP contribution in [0.1, 0.15) is 17.3 Å². The van der Waals surface area contributed by atoms with Crippen LogP contribution in [0.4, 0.5) is 0 Å². The molecule has 1 rings (SSSR count). The molecule has 0 aliphatic carbocycles. The maximum atomic E-state index is 11.0. The highest BCUT2D eigenvalue weighted by Gasteiger charge is 2.11. The van der Waals surface area contributed by atoms with Gasteiger partial charge in [-0.2, -0.15) is 0 Å². The van der Waals surface area contributed by atoms with Crippen LogP contribution in [0.2, 0.25) is 5.02 Å². The summed E-state index contributed by atoms with van der Waals surface area (Å²) in [4.78, 5) is 11.0. The zero-order valence-corrected chi connectivity index (χ0v) is 8.05. The topological polar surface area (TPSA) is 46.5 Å². The number of benzene rings is 1. The van der Waals surface area contributed by atoms with Gasteiger partial charge in [0.05, 0.1) is 17.7 Å². The van der Waals surface area contributed by atoms with Crippen molar-refractivity contribution < 1.29 is 14.6 Å². The number of hydrogen-bond donors (Lipinski definition) is 1. The molecule has 0 radical (unpaired) electrons. The minimum atomic E-state index is -0.229. The molecule has 0 aliphatic rings. The number of Topliss-reactive ketones (excluding diaryl/α,β-unsaturated/α-hetero) is 1. The second-order valence-electron chi connectivity index (χ2n) is 2.56. The van der Waals surface area contributed by atoms with E-state index in [0.717, 1.165) is 0 Å². The minimum Gasteiger partial charge on any atom is -0.507 e. The first-order chi connectivity index (χ1) is 6.06. The number of hydrogen-bond acceptors (Lipinski definition) is 3. The average molecular weight is 201 g/mol. The van der Waals surface area contributed by atoms with Crippen molar-refractivity contribution in [3.05, 3.63) is 22.7 Å². The lowest BCUT2D eigenvalue weighted by Crippen LogP contribution is -1.94. The molecule has 0 atom stereocenters. The number of ketones is 1. The molecule has 0 saturated heterocycles. The van der Waals surface area contributed by atoms with Gasteiger partial charge in [0.2, 0.25) is 0 Å². The third-order valence-electron chi connectivity index (χ3n) is 1.65. The molecule has 4 heteroatoms. The van der Waals surface area contributed by atoms with Crippen molar-refractivity contribution in [3.63, 3.8) is 0 Å². The van der Waals surface area contributed by atoms with Crippen molar-refractivity contribution >= 4 is 17.4 Å². The summed E-state index contributed by atoms with van der Waals surface area (Å²) >= 11 is 5.71. The molecule has 3 nitrogen and oxygen atoms in total. The maximum Gasteiger partial charge on any atom is 0.163 e. The van der Waals surface area contributed by atoms with Crippen molar-refractivity contribution in [1.29, 1.82) is 0 Å². The zero-order chi connectivity index (χ0) is 10.0. The summed E-state index contributed by atoms with van der Waals surface area (Å²) in [6, 6.07) is 2.71. The second kappa shape index (κ2) is 3.66. The molecule has 13 heavy (non-hydrogen) atoms. The molecule has 0 bridgehead atoms. The van der Waals surface area contributed by atoms with E-state index in [1.54, 1.807) is 0 Å². The van der Waals surface area contributed by atoms with Crippen molar-refractivity contribution in [2.24, 2.45) is 0 Å². The Bertz CT molecular complexity index is 347. The lowest BCUT2D eigenvalue weighted by atomic mass is 10.1. The van der Waals surface area contributed by atoms with Gasteiger partial charge in [-0.1, -0.05) is 11.6 Å². The first-order valence-corrected chi connectivity index (χ1v) is 4.01. The summed E-state index contributed by atoms with van der Waals surface area (Å²) in [6.45, 7) is 1.36. The number of phenols is 1. The Balaban J connectivity index is 3.30. The van der Waals surface area contributed by atoms with Gasteiger partial charge in [-0.05, 0) is 13.0 Å². The first kappa shape index (κ1) is 9.86. The van der Waals surface area contributed by atoms with Crippen LogP contribution in [0.5, 0.6) is 11.5 Å². The lowest BCUT2D eigenvalue weighted by Gasteiger charge is -2.06. The van der Waals surface area contributed by atoms with E-state index in [0.29, 0.717) is 5.75 Å². The van der Waals surface area contributed by atoms with E-state index in [1.807, 2.05) is 0 Å². The van der Waals surface area contributed by atoms with E-state index in [-0.39, 0.29) is 22.1 Å². The standard InChI is InChI=1S/C9H9ClO3/c1-5(11)6-3-9(13-2)7(10)4-8(6)12/h3-4,12H,1-2H3. The summed E-state index contributed by atoms with van der Waals surface area (Å²) in [6.07, 6.45) is 0. The van der Waals surface area contributed by atoms with Crippen LogP contribution in [0, 0.1) is 0 Å². The van der Waals surface area contributed by atoms with E-state index < -0.39 is 0 Å². The summed E-state index contributed by atoms with van der Waals surface area (Å²) in [5, 5.41) is 9.60. The fourth-order valence-corrected chi connectivity index (χ4v) is 1.22. The number of carbonyl (C=O) groups excluding carboxylic acids is 1. The normalized spacial score (nSPS) is 9.77. The SMILES string of the molecule is COc1cc(C(C)=O)c(O)cc1Cl. The Morgan fingerprint density at radius 2 is 2.15 bits per heavy atom. The van der Waals surface area contributed by atoms with Gasteiger partial charge in [-0.3, -0.25) is 4.79 Å². The van der Waals surface area contributed by atoms with E-state index in [2.05, 4.69) is 0 Å². The number of aromatic hydroxyl groups is 1. The molecule has 0 aromatic heterocycles. The van der Waals surface area contributed by atoms with Gasteiger partial charge in [0, 0.05) is 6.07 Å². The molecule has 0 aliphatic heterocycles. The summed E-state index contributed by atoms with van der Waals surface area (Å²) < 4.78 is 4.90. The molecule has 0 saturated carbocycles. The Hall–Kier alpha value is -1.22. The van der Waals surface area contributed by atoms with Crippen LogP contribution in [0.3, 0.4) is 0 Å². The number of rotatable bonds is 2. The Morgan fingerprint density at radius 1 is 1.54 bits per heavy atom. The van der Waals surface area contributed by atoms with Crippen LogP contribution >= 0.6 is 11.6 Å². The average Bonchev–Trinajstić information content (AvgIpc) is 2.03. The molecule has 1 aromatic rings. The number of carbonyl (C=O) groups is 1. The molecule has 70 valence electrons. The van der Waals surface area contributed by atoms with Gasteiger partial charge in [0.25, 0.3) is 0 Å². The molecule has 0 spiro atoms. The zero-order valence-electron chi connectivity index (χ0n) is 7.30. The van der Waals surface area contributed by atoms with E-state index in [4.69, 9.17) is 16.3 Å². The number of phenolic OH excluding ortho intramolecular Hbond substituents is 1. The van der Waals surface area contributed by atoms with Crippen LogP contribution in [-0.2, 0) is 0 Å². The predicted molar refractivity (Wildman–Crippen MR) is 49.7 cm³/mol. The molecule has 1 N–H and O–H groups in total. The molecular formula is C9H9ClO3. The third kappa shape index (κ3) is 1.92. The highest BCUT2D eigenvalue weighted by molar-refractivity contribution is 6.32. The highest BCUT2D eigenvalue weighted by atomic mass is 35.5. The Labute approximate surface area is 80.9 Å². The van der Waals surface area contributed by atoms with Gasteiger partial charge in [0.15, 0.2) is 5.78 Å². The summed E-state index contributed by atoms with van der Waals surface area (Å²) in [5.41, 5.74) is 0.209. The van der Waals surface area contributed by atoms with Gasteiger partial charge in [-0.15, -0.1) is 0 Å². The van der Waals surface area contributed by atoms with E-state index in [9.17, 15) is 9.90 Å². The van der Waals surface area contributed by atoms with Gasteiger partial charge in [-0.25, -0.2) is 0 Å². The third-order valence-corrected chi connectivity index (χ3v) is 1.94. The number of halogens is 1. The predicted octanol–water partition coefficient (Wildman–Crippen LogP) is 2.26. The summed E-state index contributed by atoms with van der Waals surface area (Å²) in [7, 11) is 1.45. The largest absolute Gasteiger partial charge is 0.507 e. The van der Waals surface area contributed by atoms with Crippen molar-refractivity contribution in [3.8, 4) is 11.5 Å². The molecule has 0 unspecified atom stereocenters. The summed E-state index contributed by atoms with van der Waals surface area (Å²) in [5.74, 6) is 0.0235.